The van der Waals surface area contributed by atoms with E-state index in [1.165, 1.54) is 10.9 Å². The van der Waals surface area contributed by atoms with E-state index >= 15 is 0 Å². The van der Waals surface area contributed by atoms with Crippen LogP contribution in [0.3, 0.4) is 0 Å². The van der Waals surface area contributed by atoms with Crippen LogP contribution in [0, 0.1) is 6.92 Å². The van der Waals surface area contributed by atoms with Crippen LogP contribution in [0.4, 0.5) is 0 Å². The lowest BCUT2D eigenvalue weighted by atomic mass is 10.1. The van der Waals surface area contributed by atoms with Gasteiger partial charge in [-0.2, -0.15) is 4.98 Å². The molecule has 0 fully saturated rings. The predicted octanol–water partition coefficient (Wildman–Crippen LogP) is 3.36. The molecule has 9 heteroatoms. The summed E-state index contributed by atoms with van der Waals surface area (Å²) in [6.45, 7) is 4.58. The van der Waals surface area contributed by atoms with Crippen molar-refractivity contribution in [1.82, 2.24) is 29.6 Å². The highest BCUT2D eigenvalue weighted by atomic mass is 16.5. The second-order valence-corrected chi connectivity index (χ2v) is 8.59. The number of nitrogens with zero attached hydrogens (tertiary/aromatic N) is 5. The van der Waals surface area contributed by atoms with Crippen LogP contribution in [0.25, 0.3) is 21.9 Å². The van der Waals surface area contributed by atoms with Crippen molar-refractivity contribution in [2.45, 2.75) is 46.3 Å². The molecule has 0 aliphatic carbocycles. The SMILES string of the molecule is CCCc1noc(Cn2cnc3c4ccccc4n(CC(=O)NCc4ccc(C)cc4)c3c2=O)n1. The van der Waals surface area contributed by atoms with Crippen LogP contribution in [0.2, 0.25) is 0 Å². The number of para-hydroxylation sites is 1. The first-order valence-corrected chi connectivity index (χ1v) is 11.6. The molecule has 0 aliphatic heterocycles. The summed E-state index contributed by atoms with van der Waals surface area (Å²) < 4.78 is 8.47. The van der Waals surface area contributed by atoms with Gasteiger partial charge in [-0.3, -0.25) is 14.2 Å². The molecule has 1 amide bonds. The zero-order valence-corrected chi connectivity index (χ0v) is 19.7. The molecule has 178 valence electrons. The summed E-state index contributed by atoms with van der Waals surface area (Å²) >= 11 is 0. The van der Waals surface area contributed by atoms with Gasteiger partial charge in [-0.15, -0.1) is 0 Å². The molecule has 9 nitrogen and oxygen atoms in total. The molecular formula is C26H26N6O3. The minimum Gasteiger partial charge on any atom is -0.350 e. The van der Waals surface area contributed by atoms with E-state index in [2.05, 4.69) is 20.4 Å². The third-order valence-corrected chi connectivity index (χ3v) is 5.94. The van der Waals surface area contributed by atoms with Crippen molar-refractivity contribution in [3.63, 3.8) is 0 Å². The molecule has 2 aromatic carbocycles. The van der Waals surface area contributed by atoms with Gasteiger partial charge in [0.25, 0.3) is 5.56 Å². The zero-order valence-electron chi connectivity index (χ0n) is 19.7. The largest absolute Gasteiger partial charge is 0.350 e. The quantitative estimate of drug-likeness (QED) is 0.373. The zero-order chi connectivity index (χ0) is 24.4. The third-order valence-electron chi connectivity index (χ3n) is 5.94. The van der Waals surface area contributed by atoms with Crippen LogP contribution in [-0.4, -0.2) is 30.2 Å². The average Bonchev–Trinajstić information content (AvgIpc) is 3.43. The maximum Gasteiger partial charge on any atom is 0.278 e. The number of benzene rings is 2. The molecule has 0 aliphatic rings. The molecule has 0 spiro atoms. The fourth-order valence-electron chi connectivity index (χ4n) is 4.16. The second kappa shape index (κ2) is 9.54. The summed E-state index contributed by atoms with van der Waals surface area (Å²) in [5.74, 6) is 0.767. The van der Waals surface area contributed by atoms with Gasteiger partial charge in [0.05, 0.1) is 11.8 Å². The van der Waals surface area contributed by atoms with Gasteiger partial charge in [0, 0.05) is 18.4 Å². The van der Waals surface area contributed by atoms with Gasteiger partial charge < -0.3 is 14.4 Å². The van der Waals surface area contributed by atoms with Crippen LogP contribution < -0.4 is 10.9 Å². The first kappa shape index (κ1) is 22.5. The molecule has 0 bridgehead atoms. The number of aryl methyl sites for hydroxylation is 2. The van der Waals surface area contributed by atoms with Gasteiger partial charge in [-0.1, -0.05) is 60.1 Å². The van der Waals surface area contributed by atoms with Crippen LogP contribution in [0.15, 0.2) is 64.2 Å². The van der Waals surface area contributed by atoms with Crippen LogP contribution in [-0.2, 0) is 30.8 Å². The molecule has 35 heavy (non-hydrogen) atoms. The Morgan fingerprint density at radius 1 is 1.11 bits per heavy atom. The topological polar surface area (TPSA) is 108 Å². The molecule has 0 atom stereocenters. The smallest absolute Gasteiger partial charge is 0.278 e. The van der Waals surface area contributed by atoms with Crippen LogP contribution in [0.5, 0.6) is 0 Å². The third kappa shape index (κ3) is 4.57. The Balaban J connectivity index is 1.47. The molecule has 1 N–H and O–H groups in total. The van der Waals surface area contributed by atoms with E-state index in [1.54, 1.807) is 4.57 Å². The van der Waals surface area contributed by atoms with E-state index in [-0.39, 0.29) is 24.6 Å². The standard InChI is InChI=1S/C26H26N6O3/c1-3-6-21-29-23(35-30-21)15-31-16-28-24-19-7-4-5-8-20(19)32(25(24)26(31)34)14-22(33)27-13-18-11-9-17(2)10-12-18/h4-5,7-12,16H,3,6,13-15H2,1-2H3,(H,27,33). The van der Waals surface area contributed by atoms with Crippen molar-refractivity contribution < 1.29 is 9.32 Å². The Morgan fingerprint density at radius 3 is 2.71 bits per heavy atom. The normalized spacial score (nSPS) is 11.4. The lowest BCUT2D eigenvalue weighted by Gasteiger charge is -2.09. The first-order chi connectivity index (χ1) is 17.0. The molecule has 3 aromatic heterocycles. The van der Waals surface area contributed by atoms with E-state index in [1.807, 2.05) is 62.4 Å². The first-order valence-electron chi connectivity index (χ1n) is 11.6. The van der Waals surface area contributed by atoms with Gasteiger partial charge in [-0.05, 0) is 25.0 Å². The lowest BCUT2D eigenvalue weighted by molar-refractivity contribution is -0.121. The molecule has 5 rings (SSSR count). The number of carbonyl (C=O) groups excluding carboxylic acids is 1. The summed E-state index contributed by atoms with van der Waals surface area (Å²) in [4.78, 5) is 35.3. The van der Waals surface area contributed by atoms with Crippen LogP contribution in [0.1, 0.15) is 36.2 Å². The summed E-state index contributed by atoms with van der Waals surface area (Å²) in [5.41, 5.74) is 3.61. The van der Waals surface area contributed by atoms with E-state index in [4.69, 9.17) is 4.52 Å². The number of hydrogen-bond donors (Lipinski definition) is 1. The van der Waals surface area contributed by atoms with E-state index in [0.29, 0.717) is 35.7 Å². The van der Waals surface area contributed by atoms with E-state index in [9.17, 15) is 9.59 Å². The van der Waals surface area contributed by atoms with E-state index < -0.39 is 0 Å². The molecule has 5 aromatic rings. The van der Waals surface area contributed by atoms with Crippen molar-refractivity contribution in [2.75, 3.05) is 0 Å². The fourth-order valence-corrected chi connectivity index (χ4v) is 4.16. The minimum absolute atomic E-state index is 0.00197. The Kier molecular flexibility index (Phi) is 6.13. The Hall–Kier alpha value is -4.27. The van der Waals surface area contributed by atoms with Gasteiger partial charge in [0.1, 0.15) is 24.1 Å². The number of rotatable bonds is 8. The fraction of sp³-hybridized carbons (Fsp3) is 0.269. The second-order valence-electron chi connectivity index (χ2n) is 8.59. The number of aromatic nitrogens is 5. The summed E-state index contributed by atoms with van der Waals surface area (Å²) in [6.07, 6.45) is 3.10. The van der Waals surface area contributed by atoms with Crippen molar-refractivity contribution in [3.05, 3.63) is 88.1 Å². The van der Waals surface area contributed by atoms with Gasteiger partial charge >= 0.3 is 0 Å². The molecule has 0 unspecified atom stereocenters. The number of amides is 1. The Morgan fingerprint density at radius 2 is 1.91 bits per heavy atom. The van der Waals surface area contributed by atoms with Gasteiger partial charge in [-0.25, -0.2) is 4.98 Å². The van der Waals surface area contributed by atoms with Crippen molar-refractivity contribution >= 4 is 27.8 Å². The number of nitrogens with one attached hydrogen (secondary N) is 1. The predicted molar refractivity (Wildman–Crippen MR) is 132 cm³/mol. The van der Waals surface area contributed by atoms with Crippen molar-refractivity contribution in [3.8, 4) is 0 Å². The number of hydrogen-bond acceptors (Lipinski definition) is 6. The van der Waals surface area contributed by atoms with Crippen molar-refractivity contribution in [2.24, 2.45) is 0 Å². The number of carbonyl (C=O) groups is 1. The Labute approximate surface area is 201 Å². The Bertz CT molecular complexity index is 1560. The average molecular weight is 471 g/mol. The monoisotopic (exact) mass is 470 g/mol. The maximum atomic E-state index is 13.5. The molecular weight excluding hydrogens is 444 g/mol. The summed E-state index contributed by atoms with van der Waals surface area (Å²) in [7, 11) is 0. The summed E-state index contributed by atoms with van der Waals surface area (Å²) in [6, 6.07) is 15.6. The highest BCUT2D eigenvalue weighted by Gasteiger charge is 2.19. The molecule has 0 saturated heterocycles. The highest BCUT2D eigenvalue weighted by Crippen LogP contribution is 2.25. The molecule has 3 heterocycles. The van der Waals surface area contributed by atoms with Crippen molar-refractivity contribution in [1.29, 1.82) is 0 Å². The van der Waals surface area contributed by atoms with Gasteiger partial charge in [0.15, 0.2) is 5.82 Å². The summed E-state index contributed by atoms with van der Waals surface area (Å²) in [5, 5.41) is 7.73. The lowest BCUT2D eigenvalue weighted by Crippen LogP contribution is -2.29. The molecule has 0 radical (unpaired) electrons. The highest BCUT2D eigenvalue weighted by molar-refractivity contribution is 6.06. The van der Waals surface area contributed by atoms with Gasteiger partial charge in [0.2, 0.25) is 11.8 Å². The minimum atomic E-state index is -0.271. The number of fused-ring (bicyclic) bond motifs is 3. The molecule has 0 saturated carbocycles. The van der Waals surface area contributed by atoms with E-state index in [0.717, 1.165) is 28.5 Å². The van der Waals surface area contributed by atoms with Crippen LogP contribution >= 0.6 is 0 Å². The maximum absolute atomic E-state index is 13.5.